The summed E-state index contributed by atoms with van der Waals surface area (Å²) >= 11 is 5.67. The average Bonchev–Trinajstić information content (AvgIpc) is 1.85. The molecule has 0 atom stereocenters. The zero-order valence-corrected chi connectivity index (χ0v) is 9.33. The summed E-state index contributed by atoms with van der Waals surface area (Å²) in [5.74, 6) is 0.717. The van der Waals surface area contributed by atoms with Crippen LogP contribution in [0.3, 0.4) is 0 Å². The molecule has 0 aliphatic carbocycles. The Kier molecular flexibility index (Phi) is 5.60. The summed E-state index contributed by atoms with van der Waals surface area (Å²) in [4.78, 5) is 0. The lowest BCUT2D eigenvalue weighted by Crippen LogP contribution is -2.39. The van der Waals surface area contributed by atoms with E-state index in [2.05, 4.69) is 39.1 Å². The Hall–Kier alpha value is -0.0100. The lowest BCUT2D eigenvalue weighted by molar-refractivity contribution is 0.396. The highest BCUT2D eigenvalue weighted by Crippen LogP contribution is 2.08. The normalized spacial score (nSPS) is 11.4. The smallest absolute Gasteiger partial charge is 0.0240 e. The van der Waals surface area contributed by atoms with Crippen LogP contribution in [0.1, 0.15) is 34.1 Å². The van der Waals surface area contributed by atoms with Gasteiger partial charge in [0.05, 0.1) is 0 Å². The van der Waals surface area contributed by atoms with Crippen LogP contribution in [-0.4, -0.2) is 18.0 Å². The van der Waals surface area contributed by atoms with Crippen LogP contribution >= 0.6 is 11.6 Å². The fourth-order valence-electron chi connectivity index (χ4n) is 0.856. The molecule has 0 spiro atoms. The van der Waals surface area contributed by atoms with E-state index in [1.165, 1.54) is 5.57 Å². The van der Waals surface area contributed by atoms with Gasteiger partial charge < -0.3 is 5.32 Å². The van der Waals surface area contributed by atoms with Crippen molar-refractivity contribution >= 4 is 11.6 Å². The Morgan fingerprint density at radius 2 is 2.00 bits per heavy atom. The highest BCUT2D eigenvalue weighted by Gasteiger charge is 2.14. The van der Waals surface area contributed by atoms with Crippen LogP contribution in [0.5, 0.6) is 0 Å². The molecule has 0 fully saturated rings. The molecule has 0 saturated carbocycles. The molecule has 0 aromatic heterocycles. The molecular formula is C10H20ClN. The van der Waals surface area contributed by atoms with E-state index < -0.39 is 0 Å². The number of hydrogen-bond acceptors (Lipinski definition) is 1. The van der Waals surface area contributed by atoms with Crippen LogP contribution in [-0.2, 0) is 0 Å². The van der Waals surface area contributed by atoms with Crippen molar-refractivity contribution in [2.24, 2.45) is 0 Å². The van der Waals surface area contributed by atoms with E-state index in [4.69, 9.17) is 11.6 Å². The number of halogens is 1. The van der Waals surface area contributed by atoms with Crippen molar-refractivity contribution in [3.05, 3.63) is 11.6 Å². The fraction of sp³-hybridized carbons (Fsp3) is 0.800. The predicted octanol–water partition coefficient (Wildman–Crippen LogP) is 2.95. The van der Waals surface area contributed by atoms with Gasteiger partial charge in [0.25, 0.3) is 0 Å². The van der Waals surface area contributed by atoms with Gasteiger partial charge >= 0.3 is 0 Å². The first kappa shape index (κ1) is 12.0. The maximum atomic E-state index is 5.67. The largest absolute Gasteiger partial charge is 0.308 e. The lowest BCUT2D eigenvalue weighted by atomic mass is 10.0. The van der Waals surface area contributed by atoms with Gasteiger partial charge in [0, 0.05) is 18.0 Å². The standard InChI is InChI=1S/C10H20ClN/c1-9(2)5-8-12-10(3,4)6-7-11/h5,12H,6-8H2,1-4H3. The Morgan fingerprint density at radius 1 is 1.42 bits per heavy atom. The molecule has 0 amide bonds. The maximum Gasteiger partial charge on any atom is 0.0240 e. The average molecular weight is 190 g/mol. The summed E-state index contributed by atoms with van der Waals surface area (Å²) < 4.78 is 0. The molecule has 1 N–H and O–H groups in total. The van der Waals surface area contributed by atoms with Gasteiger partial charge in [-0.1, -0.05) is 11.6 Å². The molecule has 0 aliphatic rings. The number of hydrogen-bond donors (Lipinski definition) is 1. The lowest BCUT2D eigenvalue weighted by Gasteiger charge is -2.24. The van der Waals surface area contributed by atoms with Crippen molar-refractivity contribution in [3.8, 4) is 0 Å². The zero-order chi connectivity index (χ0) is 9.61. The highest BCUT2D eigenvalue weighted by atomic mass is 35.5. The van der Waals surface area contributed by atoms with Crippen molar-refractivity contribution in [3.63, 3.8) is 0 Å². The van der Waals surface area contributed by atoms with E-state index in [0.29, 0.717) is 0 Å². The molecule has 72 valence electrons. The maximum absolute atomic E-state index is 5.67. The van der Waals surface area contributed by atoms with Gasteiger partial charge in [0.15, 0.2) is 0 Å². The van der Waals surface area contributed by atoms with Crippen molar-refractivity contribution in [2.45, 2.75) is 39.7 Å². The van der Waals surface area contributed by atoms with Crippen LogP contribution in [0.15, 0.2) is 11.6 Å². The summed E-state index contributed by atoms with van der Waals surface area (Å²) in [5, 5.41) is 3.43. The number of allylic oxidation sites excluding steroid dienone is 1. The first-order valence-electron chi connectivity index (χ1n) is 4.42. The molecular weight excluding hydrogens is 170 g/mol. The van der Waals surface area contributed by atoms with Crippen LogP contribution in [0.25, 0.3) is 0 Å². The minimum atomic E-state index is 0.160. The van der Waals surface area contributed by atoms with E-state index in [9.17, 15) is 0 Å². The quantitative estimate of drug-likeness (QED) is 0.518. The second-order valence-corrected chi connectivity index (χ2v) is 4.36. The SMILES string of the molecule is CC(C)=CCNC(C)(C)CCCl. The third-order valence-corrected chi connectivity index (χ3v) is 2.00. The summed E-state index contributed by atoms with van der Waals surface area (Å²) in [7, 11) is 0. The molecule has 0 heterocycles. The monoisotopic (exact) mass is 189 g/mol. The zero-order valence-electron chi connectivity index (χ0n) is 8.58. The van der Waals surface area contributed by atoms with Gasteiger partial charge in [-0.05, 0) is 34.1 Å². The molecule has 0 radical (unpaired) electrons. The van der Waals surface area contributed by atoms with Gasteiger partial charge in [0.2, 0.25) is 0 Å². The highest BCUT2D eigenvalue weighted by molar-refractivity contribution is 6.17. The summed E-state index contributed by atoms with van der Waals surface area (Å²) in [6, 6.07) is 0. The fourth-order valence-corrected chi connectivity index (χ4v) is 1.33. The number of nitrogens with one attached hydrogen (secondary N) is 1. The molecule has 12 heavy (non-hydrogen) atoms. The molecule has 0 unspecified atom stereocenters. The van der Waals surface area contributed by atoms with Crippen LogP contribution < -0.4 is 5.32 Å². The van der Waals surface area contributed by atoms with Crippen LogP contribution in [0, 0.1) is 0 Å². The van der Waals surface area contributed by atoms with Crippen LogP contribution in [0.2, 0.25) is 0 Å². The minimum Gasteiger partial charge on any atom is -0.308 e. The topological polar surface area (TPSA) is 12.0 Å². The Morgan fingerprint density at radius 3 is 2.42 bits per heavy atom. The van der Waals surface area contributed by atoms with E-state index >= 15 is 0 Å². The molecule has 1 nitrogen and oxygen atoms in total. The molecule has 0 aromatic carbocycles. The first-order valence-corrected chi connectivity index (χ1v) is 4.96. The van der Waals surface area contributed by atoms with E-state index in [-0.39, 0.29) is 5.54 Å². The van der Waals surface area contributed by atoms with Gasteiger partial charge in [-0.25, -0.2) is 0 Å². The van der Waals surface area contributed by atoms with Gasteiger partial charge in [-0.15, -0.1) is 11.6 Å². The Balaban J connectivity index is 3.68. The minimum absolute atomic E-state index is 0.160. The number of alkyl halides is 1. The van der Waals surface area contributed by atoms with E-state index in [0.717, 1.165) is 18.8 Å². The second kappa shape index (κ2) is 5.60. The summed E-state index contributed by atoms with van der Waals surface area (Å²) in [5.41, 5.74) is 1.51. The van der Waals surface area contributed by atoms with Gasteiger partial charge in [0.1, 0.15) is 0 Å². The summed E-state index contributed by atoms with van der Waals surface area (Å²) in [6.45, 7) is 9.50. The molecule has 2 heteroatoms. The van der Waals surface area contributed by atoms with Crippen molar-refractivity contribution in [2.75, 3.05) is 12.4 Å². The Labute approximate surface area is 81.2 Å². The first-order chi connectivity index (χ1) is 5.48. The summed E-state index contributed by atoms with van der Waals surface area (Å²) in [6.07, 6.45) is 3.20. The predicted molar refractivity (Wildman–Crippen MR) is 56.8 cm³/mol. The van der Waals surface area contributed by atoms with Gasteiger partial charge in [-0.3, -0.25) is 0 Å². The Bertz CT molecular complexity index is 146. The van der Waals surface area contributed by atoms with Gasteiger partial charge in [-0.2, -0.15) is 0 Å². The van der Waals surface area contributed by atoms with E-state index in [1.807, 2.05) is 0 Å². The molecule has 0 aromatic rings. The molecule has 0 saturated heterocycles. The van der Waals surface area contributed by atoms with Crippen molar-refractivity contribution in [1.29, 1.82) is 0 Å². The van der Waals surface area contributed by atoms with Crippen LogP contribution in [0.4, 0.5) is 0 Å². The van der Waals surface area contributed by atoms with Crippen molar-refractivity contribution in [1.82, 2.24) is 5.32 Å². The third-order valence-electron chi connectivity index (χ3n) is 1.81. The number of rotatable bonds is 5. The molecule has 0 bridgehead atoms. The third kappa shape index (κ3) is 6.68. The van der Waals surface area contributed by atoms with Crippen molar-refractivity contribution < 1.29 is 0 Å². The second-order valence-electron chi connectivity index (χ2n) is 3.99. The molecule has 0 rings (SSSR count). The van der Waals surface area contributed by atoms with E-state index in [1.54, 1.807) is 0 Å². The molecule has 0 aliphatic heterocycles.